The number of nitrogens with zero attached hydrogens (tertiary/aromatic N) is 2. The minimum absolute atomic E-state index is 0.0871. The van der Waals surface area contributed by atoms with E-state index >= 15 is 0 Å². The molecule has 0 bridgehead atoms. The number of carbonyl (C=O) groups excluding carboxylic acids is 2. The molecule has 0 spiro atoms. The van der Waals surface area contributed by atoms with Crippen molar-refractivity contribution in [3.8, 4) is 5.69 Å². The molecule has 120 valence electrons. The van der Waals surface area contributed by atoms with E-state index in [9.17, 15) is 9.59 Å². The summed E-state index contributed by atoms with van der Waals surface area (Å²) in [6.07, 6.45) is 1.84. The normalized spacial score (nSPS) is 17.7. The molecule has 0 saturated carbocycles. The number of benzene rings is 1. The zero-order valence-electron chi connectivity index (χ0n) is 12.7. The summed E-state index contributed by atoms with van der Waals surface area (Å²) in [5, 5.41) is 10.5. The zero-order chi connectivity index (χ0) is 16.4. The number of halogens is 1. The number of piperidine rings is 1. The maximum absolute atomic E-state index is 12.4. The highest BCUT2D eigenvalue weighted by Gasteiger charge is 2.25. The van der Waals surface area contributed by atoms with Crippen LogP contribution in [-0.4, -0.2) is 27.6 Å². The topological polar surface area (TPSA) is 76.0 Å². The average Bonchev–Trinajstić information content (AvgIpc) is 2.88. The SMILES string of the molecule is Cc1cc(NC(=O)[C@H]2CCCC(=O)N2)n(-c2cccc(Cl)c2)n1. The van der Waals surface area contributed by atoms with Gasteiger partial charge in [0.25, 0.3) is 0 Å². The molecule has 1 aromatic heterocycles. The largest absolute Gasteiger partial charge is 0.344 e. The highest BCUT2D eigenvalue weighted by Crippen LogP contribution is 2.21. The summed E-state index contributed by atoms with van der Waals surface area (Å²) < 4.78 is 1.63. The van der Waals surface area contributed by atoms with Crippen LogP contribution in [0.1, 0.15) is 25.0 Å². The molecule has 0 radical (unpaired) electrons. The second-order valence-corrected chi connectivity index (χ2v) is 6.00. The van der Waals surface area contributed by atoms with E-state index < -0.39 is 6.04 Å². The van der Waals surface area contributed by atoms with Gasteiger partial charge in [0.1, 0.15) is 11.9 Å². The highest BCUT2D eigenvalue weighted by atomic mass is 35.5. The maximum atomic E-state index is 12.4. The van der Waals surface area contributed by atoms with Gasteiger partial charge in [0.15, 0.2) is 0 Å². The van der Waals surface area contributed by atoms with Crippen LogP contribution in [0, 0.1) is 6.92 Å². The van der Waals surface area contributed by atoms with Gasteiger partial charge in [-0.1, -0.05) is 17.7 Å². The van der Waals surface area contributed by atoms with Crippen molar-refractivity contribution >= 4 is 29.2 Å². The van der Waals surface area contributed by atoms with Gasteiger partial charge in [0.2, 0.25) is 11.8 Å². The number of aromatic nitrogens is 2. The number of rotatable bonds is 3. The van der Waals surface area contributed by atoms with Crippen molar-refractivity contribution in [1.82, 2.24) is 15.1 Å². The van der Waals surface area contributed by atoms with Crippen LogP contribution < -0.4 is 10.6 Å². The van der Waals surface area contributed by atoms with Crippen molar-refractivity contribution in [1.29, 1.82) is 0 Å². The maximum Gasteiger partial charge on any atom is 0.248 e. The summed E-state index contributed by atoms with van der Waals surface area (Å²) >= 11 is 6.02. The van der Waals surface area contributed by atoms with Crippen LogP contribution in [0.15, 0.2) is 30.3 Å². The smallest absolute Gasteiger partial charge is 0.248 e. The summed E-state index contributed by atoms with van der Waals surface area (Å²) in [5.74, 6) is 0.228. The van der Waals surface area contributed by atoms with Crippen molar-refractivity contribution in [3.63, 3.8) is 0 Å². The lowest BCUT2D eigenvalue weighted by Gasteiger charge is -2.22. The lowest BCUT2D eigenvalue weighted by atomic mass is 10.0. The Balaban J connectivity index is 1.83. The molecule has 1 fully saturated rings. The Morgan fingerprint density at radius 3 is 3.00 bits per heavy atom. The van der Waals surface area contributed by atoms with Crippen molar-refractivity contribution in [3.05, 3.63) is 41.0 Å². The van der Waals surface area contributed by atoms with Crippen LogP contribution in [0.4, 0.5) is 5.82 Å². The number of carbonyl (C=O) groups is 2. The number of nitrogens with one attached hydrogen (secondary N) is 2. The number of hydrogen-bond acceptors (Lipinski definition) is 3. The van der Waals surface area contributed by atoms with Crippen molar-refractivity contribution in [2.45, 2.75) is 32.2 Å². The quantitative estimate of drug-likeness (QED) is 0.906. The van der Waals surface area contributed by atoms with E-state index in [4.69, 9.17) is 11.6 Å². The summed E-state index contributed by atoms with van der Waals surface area (Å²) in [7, 11) is 0. The molecule has 0 unspecified atom stereocenters. The Bertz CT molecular complexity index is 756. The van der Waals surface area contributed by atoms with E-state index in [1.54, 1.807) is 22.9 Å². The molecule has 1 aromatic carbocycles. The summed E-state index contributed by atoms with van der Waals surface area (Å²) in [6.45, 7) is 1.85. The number of hydrogen-bond donors (Lipinski definition) is 2. The van der Waals surface area contributed by atoms with Crippen molar-refractivity contribution < 1.29 is 9.59 Å². The molecule has 1 saturated heterocycles. The predicted molar refractivity (Wildman–Crippen MR) is 87.7 cm³/mol. The standard InChI is InChI=1S/C16H17ClN4O2/c1-10-8-14(19-16(23)13-6-3-7-15(22)18-13)21(20-10)12-5-2-4-11(17)9-12/h2,4-5,8-9,13H,3,6-7H2,1H3,(H,18,22)(H,19,23)/t13-/m1/s1. The second-order valence-electron chi connectivity index (χ2n) is 5.56. The molecular weight excluding hydrogens is 316 g/mol. The molecule has 23 heavy (non-hydrogen) atoms. The van der Waals surface area contributed by atoms with E-state index in [-0.39, 0.29) is 11.8 Å². The molecule has 2 N–H and O–H groups in total. The number of aryl methyl sites for hydroxylation is 1. The van der Waals surface area contributed by atoms with E-state index in [2.05, 4.69) is 15.7 Å². The van der Waals surface area contributed by atoms with Gasteiger partial charge >= 0.3 is 0 Å². The van der Waals surface area contributed by atoms with Crippen molar-refractivity contribution in [2.75, 3.05) is 5.32 Å². The first-order valence-corrected chi connectivity index (χ1v) is 7.83. The third-order valence-electron chi connectivity index (χ3n) is 3.68. The predicted octanol–water partition coefficient (Wildman–Crippen LogP) is 2.44. The molecule has 1 atom stereocenters. The molecule has 2 heterocycles. The molecular formula is C16H17ClN4O2. The molecule has 2 aromatic rings. The van der Waals surface area contributed by atoms with E-state index in [0.29, 0.717) is 23.7 Å². The Labute approximate surface area is 138 Å². The van der Waals surface area contributed by atoms with Crippen LogP contribution in [-0.2, 0) is 9.59 Å². The van der Waals surface area contributed by atoms with Crippen LogP contribution in [0.3, 0.4) is 0 Å². The molecule has 3 rings (SSSR count). The summed E-state index contributed by atoms with van der Waals surface area (Å²) in [5.41, 5.74) is 1.53. The van der Waals surface area contributed by atoms with E-state index in [1.165, 1.54) is 0 Å². The number of anilines is 1. The van der Waals surface area contributed by atoms with Crippen LogP contribution in [0.2, 0.25) is 5.02 Å². The molecule has 0 aliphatic carbocycles. The van der Waals surface area contributed by atoms with Gasteiger partial charge in [-0.05, 0) is 38.0 Å². The number of amides is 2. The van der Waals surface area contributed by atoms with Crippen LogP contribution in [0.5, 0.6) is 0 Å². The fourth-order valence-electron chi connectivity index (χ4n) is 2.61. The Morgan fingerprint density at radius 2 is 2.26 bits per heavy atom. The fraction of sp³-hybridized carbons (Fsp3) is 0.312. The summed E-state index contributed by atoms with van der Waals surface area (Å²) in [6, 6.07) is 8.50. The molecule has 6 nitrogen and oxygen atoms in total. The first kappa shape index (κ1) is 15.6. The molecule has 1 aliphatic rings. The van der Waals surface area contributed by atoms with E-state index in [1.807, 2.05) is 19.1 Å². The van der Waals surface area contributed by atoms with Gasteiger partial charge in [-0.3, -0.25) is 9.59 Å². The van der Waals surface area contributed by atoms with Gasteiger partial charge in [0, 0.05) is 17.5 Å². The third kappa shape index (κ3) is 3.53. The highest BCUT2D eigenvalue weighted by molar-refractivity contribution is 6.30. The molecule has 7 heteroatoms. The van der Waals surface area contributed by atoms with Gasteiger partial charge < -0.3 is 10.6 Å². The van der Waals surface area contributed by atoms with Crippen LogP contribution in [0.25, 0.3) is 5.69 Å². The Morgan fingerprint density at radius 1 is 1.43 bits per heavy atom. The van der Waals surface area contributed by atoms with E-state index in [0.717, 1.165) is 17.8 Å². The zero-order valence-corrected chi connectivity index (χ0v) is 13.4. The minimum atomic E-state index is -0.501. The van der Waals surface area contributed by atoms with Gasteiger partial charge in [-0.2, -0.15) is 5.10 Å². The Hall–Kier alpha value is -2.34. The van der Waals surface area contributed by atoms with Gasteiger partial charge in [-0.25, -0.2) is 4.68 Å². The lowest BCUT2D eigenvalue weighted by Crippen LogP contribution is -2.46. The van der Waals surface area contributed by atoms with Gasteiger partial charge in [-0.15, -0.1) is 0 Å². The third-order valence-corrected chi connectivity index (χ3v) is 3.92. The Kier molecular flexibility index (Phi) is 4.34. The lowest BCUT2D eigenvalue weighted by molar-refractivity contribution is -0.128. The second kappa shape index (κ2) is 6.42. The molecule has 2 amide bonds. The summed E-state index contributed by atoms with van der Waals surface area (Å²) in [4.78, 5) is 23.8. The van der Waals surface area contributed by atoms with Crippen LogP contribution >= 0.6 is 11.6 Å². The monoisotopic (exact) mass is 332 g/mol. The first-order chi connectivity index (χ1) is 11.0. The molecule has 1 aliphatic heterocycles. The fourth-order valence-corrected chi connectivity index (χ4v) is 2.79. The van der Waals surface area contributed by atoms with Gasteiger partial charge in [0.05, 0.1) is 11.4 Å². The first-order valence-electron chi connectivity index (χ1n) is 7.46. The average molecular weight is 333 g/mol. The minimum Gasteiger partial charge on any atom is -0.344 e. The van der Waals surface area contributed by atoms with Crippen molar-refractivity contribution in [2.24, 2.45) is 0 Å².